The van der Waals surface area contributed by atoms with Crippen molar-refractivity contribution in [1.82, 2.24) is 10.6 Å². The largest absolute Gasteiger partial charge is 0.744 e. The molecule has 3 unspecified atom stereocenters. The van der Waals surface area contributed by atoms with E-state index in [-0.39, 0.29) is 66.5 Å². The first kappa shape index (κ1) is 52.5. The predicted molar refractivity (Wildman–Crippen MR) is 249 cm³/mol. The van der Waals surface area contributed by atoms with Crippen LogP contribution < -0.4 is 15.5 Å². The molecule has 2 aromatic rings. The number of carbonyl (C=O) groups is 3. The highest BCUT2D eigenvalue weighted by molar-refractivity contribution is 7.86. The zero-order valence-electron chi connectivity index (χ0n) is 37.7. The smallest absolute Gasteiger partial charge is 0.303 e. The minimum atomic E-state index is -4.80. The third kappa shape index (κ3) is 13.8. The van der Waals surface area contributed by atoms with Gasteiger partial charge in [0.25, 0.3) is 20.2 Å². The number of nitrogens with one attached hydrogen (secondary N) is 2. The Morgan fingerprint density at radius 3 is 2.11 bits per heavy atom. The molecule has 5 rings (SSSR count). The number of hydrogen-bond acceptors (Lipinski definition) is 11. The normalized spacial score (nSPS) is 24.1. The molecule has 5 N–H and O–H groups in total. The SMILES string of the molecule is CC1(CCCCCC(=O)O)C2=[N+](CCCCCC(=O)NCCNC(=O)CCCCCC3(C)c4cc(S(=O)(=O)O)ccc4N(CCCS(=O)(=O)O)C3C/C=C/C=C/2)c2ccc(S(=O)(=O)[O-])cc21. The molecule has 0 bridgehead atoms. The molecule has 2 aromatic carbocycles. The molecule has 364 valence electrons. The lowest BCUT2D eigenvalue weighted by Crippen LogP contribution is -2.43. The van der Waals surface area contributed by atoms with E-state index in [1.54, 1.807) is 12.1 Å². The van der Waals surface area contributed by atoms with Gasteiger partial charge in [-0.1, -0.05) is 50.8 Å². The van der Waals surface area contributed by atoms with E-state index in [9.17, 15) is 58.4 Å². The first-order chi connectivity index (χ1) is 31.0. The zero-order valence-corrected chi connectivity index (χ0v) is 40.2. The molecule has 0 saturated carbocycles. The number of nitrogens with zero attached hydrogens (tertiary/aromatic N) is 2. The van der Waals surface area contributed by atoms with Crippen molar-refractivity contribution in [3.63, 3.8) is 0 Å². The van der Waals surface area contributed by atoms with Gasteiger partial charge in [0.05, 0.1) is 21.0 Å². The number of carbonyl (C=O) groups excluding carboxylic acids is 2. The molecule has 0 radical (unpaired) electrons. The second-order valence-electron chi connectivity index (χ2n) is 18.0. The summed E-state index contributed by atoms with van der Waals surface area (Å²) in [4.78, 5) is 38.0. The van der Waals surface area contributed by atoms with Crippen LogP contribution in [0.2, 0.25) is 0 Å². The Morgan fingerprint density at radius 2 is 1.47 bits per heavy atom. The Morgan fingerprint density at radius 1 is 0.818 bits per heavy atom. The molecule has 17 nitrogen and oxygen atoms in total. The van der Waals surface area contributed by atoms with Crippen LogP contribution in [0.3, 0.4) is 0 Å². The summed E-state index contributed by atoms with van der Waals surface area (Å²) in [6.45, 7) is 5.25. The number of rotatable bonds is 12. The summed E-state index contributed by atoms with van der Waals surface area (Å²) in [5, 5.41) is 14.9. The second-order valence-corrected chi connectivity index (χ2v) is 22.3. The van der Waals surface area contributed by atoms with Crippen LogP contribution in [0.5, 0.6) is 0 Å². The average Bonchev–Trinajstić information content (AvgIpc) is 3.60. The molecule has 66 heavy (non-hydrogen) atoms. The highest BCUT2D eigenvalue weighted by Crippen LogP contribution is 2.50. The average molecular weight is 977 g/mol. The predicted octanol–water partition coefficient (Wildman–Crippen LogP) is 5.91. The summed E-state index contributed by atoms with van der Waals surface area (Å²) in [6.07, 6.45) is 15.3. The van der Waals surface area contributed by atoms with Gasteiger partial charge in [0.15, 0.2) is 5.71 Å². The van der Waals surface area contributed by atoms with Gasteiger partial charge in [-0.2, -0.15) is 21.4 Å². The van der Waals surface area contributed by atoms with Crippen LogP contribution in [-0.2, 0) is 55.6 Å². The van der Waals surface area contributed by atoms with Crippen LogP contribution >= 0.6 is 0 Å². The Hall–Kier alpha value is -4.47. The highest BCUT2D eigenvalue weighted by Gasteiger charge is 2.48. The lowest BCUT2D eigenvalue weighted by molar-refractivity contribution is -0.438. The fourth-order valence-corrected chi connectivity index (χ4v) is 11.3. The molecule has 0 fully saturated rings. The lowest BCUT2D eigenvalue weighted by atomic mass is 9.73. The number of allylic oxidation sites excluding steroid dienone is 3. The van der Waals surface area contributed by atoms with Gasteiger partial charge < -0.3 is 25.2 Å². The number of amides is 2. The van der Waals surface area contributed by atoms with Gasteiger partial charge >= 0.3 is 5.97 Å². The van der Waals surface area contributed by atoms with Gasteiger partial charge in [-0.25, -0.2) is 8.42 Å². The van der Waals surface area contributed by atoms with E-state index in [1.807, 2.05) is 43.1 Å². The molecule has 20 heteroatoms. The molecule has 0 saturated heterocycles. The molecule has 2 amide bonds. The molecule has 0 aromatic heterocycles. The maximum atomic E-state index is 12.7. The van der Waals surface area contributed by atoms with Crippen LogP contribution in [0.4, 0.5) is 11.4 Å². The maximum Gasteiger partial charge on any atom is 0.303 e. The molecule has 0 spiro atoms. The number of carboxylic acid groups (broad SMARTS) is 1. The monoisotopic (exact) mass is 976 g/mol. The summed E-state index contributed by atoms with van der Waals surface area (Å²) < 4.78 is 107. The van der Waals surface area contributed by atoms with Crippen LogP contribution in [0.15, 0.2) is 70.5 Å². The first-order valence-electron chi connectivity index (χ1n) is 22.7. The second kappa shape index (κ2) is 22.6. The minimum absolute atomic E-state index is 0.0125. The number of carboxylic acids is 1. The van der Waals surface area contributed by atoms with Gasteiger partial charge in [0.2, 0.25) is 17.5 Å². The van der Waals surface area contributed by atoms with E-state index in [2.05, 4.69) is 15.2 Å². The molecule has 3 aliphatic rings. The van der Waals surface area contributed by atoms with Crippen molar-refractivity contribution < 1.29 is 63.0 Å². The van der Waals surface area contributed by atoms with E-state index >= 15 is 0 Å². The van der Waals surface area contributed by atoms with Crippen molar-refractivity contribution in [2.75, 3.05) is 36.8 Å². The molecule has 0 aliphatic carbocycles. The van der Waals surface area contributed by atoms with Gasteiger partial charge in [-0.3, -0.25) is 23.5 Å². The van der Waals surface area contributed by atoms with Gasteiger partial charge in [-0.15, -0.1) is 0 Å². The van der Waals surface area contributed by atoms with Crippen LogP contribution in [0, 0.1) is 0 Å². The Bertz CT molecular complexity index is 2540. The van der Waals surface area contributed by atoms with E-state index in [1.165, 1.54) is 24.3 Å². The van der Waals surface area contributed by atoms with Crippen molar-refractivity contribution in [3.8, 4) is 0 Å². The summed E-state index contributed by atoms with van der Waals surface area (Å²) in [5.74, 6) is -1.67. The quantitative estimate of drug-likeness (QED) is 0.0940. The molecular formula is C46H64N4O13S3. The third-order valence-corrected chi connectivity index (χ3v) is 15.7. The summed E-state index contributed by atoms with van der Waals surface area (Å²) in [6, 6.07) is 8.42. The fraction of sp³-hybridized carbons (Fsp3) is 0.565. The van der Waals surface area contributed by atoms with E-state index in [0.717, 1.165) is 11.4 Å². The molecule has 3 heterocycles. The third-order valence-electron chi connectivity index (χ3n) is 13.2. The zero-order chi connectivity index (χ0) is 48.3. The van der Waals surface area contributed by atoms with Crippen molar-refractivity contribution >= 4 is 65.2 Å². The number of anilines is 1. The van der Waals surface area contributed by atoms with Gasteiger partial charge in [0.1, 0.15) is 16.7 Å². The fourth-order valence-electron chi connectivity index (χ4n) is 9.78. The Kier molecular flexibility index (Phi) is 17.9. The highest BCUT2D eigenvalue weighted by atomic mass is 32.2. The minimum Gasteiger partial charge on any atom is -0.744 e. The van der Waals surface area contributed by atoms with E-state index < -0.39 is 52.9 Å². The summed E-state index contributed by atoms with van der Waals surface area (Å²) in [5.41, 5.74) is 2.04. The van der Waals surface area contributed by atoms with E-state index in [4.69, 9.17) is 0 Å². The van der Waals surface area contributed by atoms with Crippen molar-refractivity contribution in [3.05, 3.63) is 71.8 Å². The van der Waals surface area contributed by atoms with Crippen molar-refractivity contribution in [2.24, 2.45) is 0 Å². The van der Waals surface area contributed by atoms with Gasteiger partial charge in [-0.05, 0) is 94.2 Å². The van der Waals surface area contributed by atoms with Crippen LogP contribution in [0.1, 0.15) is 128 Å². The topological polar surface area (TPSA) is 268 Å². The standard InChI is InChI=1S/C46H64N4O13S3/c1-45(26-13-5-11-20-44(53)54)36-32-34(65(58,59)60)21-23-38(36)49-29-14-6-10-19-43(52)48-28-27-47-42(51)18-9-4-12-25-46(2)37-33-35(66(61,62)63)22-24-39(37)50(30-15-31-64(55,56)57)41(46)17-8-3-7-16-40(45)49/h3,7-8,16,21-24,32-33,41H,4-6,9-15,17-20,25-31H2,1-2H3,(H5-,47,48,51,52,53,54,55,56,57,58,59,60,61,62,63)/b8-3+,16-7+. The summed E-state index contributed by atoms with van der Waals surface area (Å²) >= 11 is 0. The van der Waals surface area contributed by atoms with Gasteiger partial charge in [0, 0.05) is 80.2 Å². The van der Waals surface area contributed by atoms with Crippen molar-refractivity contribution in [2.45, 2.75) is 143 Å². The number of aliphatic carboxylic acids is 1. The van der Waals surface area contributed by atoms with Crippen LogP contribution in [0.25, 0.3) is 0 Å². The molecule has 3 atom stereocenters. The Balaban J connectivity index is 1.56. The summed E-state index contributed by atoms with van der Waals surface area (Å²) in [7, 11) is -13.7. The first-order valence-corrected chi connectivity index (χ1v) is 27.2. The molecule has 3 aliphatic heterocycles. The number of hydrogen-bond donors (Lipinski definition) is 5. The maximum absolute atomic E-state index is 12.7. The van der Waals surface area contributed by atoms with Crippen molar-refractivity contribution in [1.29, 1.82) is 0 Å². The molecular weight excluding hydrogens is 913 g/mol. The number of benzene rings is 2. The lowest BCUT2D eigenvalue weighted by Gasteiger charge is -2.37. The van der Waals surface area contributed by atoms with Crippen LogP contribution in [-0.4, -0.2) is 110 Å². The number of unbranched alkanes of at least 4 members (excludes halogenated alkanes) is 2. The van der Waals surface area contributed by atoms with E-state index in [0.29, 0.717) is 107 Å². The number of fused-ring (bicyclic) bond motifs is 5. The Labute approximate surface area is 389 Å².